The average Bonchev–Trinajstić information content (AvgIpc) is 3.07. The van der Waals surface area contributed by atoms with Crippen LogP contribution in [0, 0.1) is 20.7 Å². The van der Waals surface area contributed by atoms with E-state index in [0.29, 0.717) is 16.9 Å². The van der Waals surface area contributed by atoms with Crippen molar-refractivity contribution in [2.45, 2.75) is 25.5 Å². The lowest BCUT2D eigenvalue weighted by atomic mass is 10.1. The molecule has 3 aromatic rings. The number of aromatic nitrogens is 3. The minimum absolute atomic E-state index is 0.0125. The van der Waals surface area contributed by atoms with E-state index in [1.807, 2.05) is 10.6 Å². The summed E-state index contributed by atoms with van der Waals surface area (Å²) in [5.74, 6) is -0.548. The Morgan fingerprint density at radius 2 is 2.24 bits per heavy atom. The molecule has 0 saturated carbocycles. The van der Waals surface area contributed by atoms with Crippen LogP contribution in [0.2, 0.25) is 0 Å². The molecule has 5 nitrogen and oxygen atoms in total. The highest BCUT2D eigenvalue weighted by molar-refractivity contribution is 14.1. The van der Waals surface area contributed by atoms with E-state index >= 15 is 0 Å². The lowest BCUT2D eigenvalue weighted by Gasteiger charge is -2.23. The molecule has 1 aliphatic rings. The first-order valence-electron chi connectivity index (χ1n) is 8.02. The minimum Gasteiger partial charge on any atom is -0.358 e. The summed E-state index contributed by atoms with van der Waals surface area (Å²) < 4.78 is 23.2. The number of pyridine rings is 1. The number of fused-ring (bicyclic) bond motifs is 1. The van der Waals surface area contributed by atoms with Gasteiger partial charge in [-0.1, -0.05) is 6.07 Å². The number of halogens is 2. The standard InChI is InChI=1S/C18H14FIN4O/c19-16-11(9-21)4-3-5-12(16)14-8-13(20)17-18(23-14)24(10-22-17)15-6-1-2-7-25-15/h3-5,8,10,15H,1-2,6-7H2. The van der Waals surface area contributed by atoms with Gasteiger partial charge in [0.1, 0.15) is 23.6 Å². The molecule has 1 aromatic carbocycles. The lowest BCUT2D eigenvalue weighted by molar-refractivity contribution is -0.0298. The van der Waals surface area contributed by atoms with Crippen molar-refractivity contribution in [2.24, 2.45) is 0 Å². The molecule has 0 aliphatic carbocycles. The maximum atomic E-state index is 14.6. The fraction of sp³-hybridized carbons (Fsp3) is 0.278. The van der Waals surface area contributed by atoms with E-state index in [9.17, 15) is 4.39 Å². The Hall–Kier alpha value is -2.05. The molecule has 4 rings (SSSR count). The molecule has 3 heterocycles. The number of nitriles is 1. The molecular weight excluding hydrogens is 434 g/mol. The second-order valence-electron chi connectivity index (χ2n) is 5.91. The van der Waals surface area contributed by atoms with Crippen molar-refractivity contribution in [1.29, 1.82) is 5.26 Å². The second kappa shape index (κ2) is 6.69. The maximum absolute atomic E-state index is 14.6. The molecule has 1 atom stereocenters. The maximum Gasteiger partial charge on any atom is 0.163 e. The minimum atomic E-state index is -0.548. The quantitative estimate of drug-likeness (QED) is 0.545. The highest BCUT2D eigenvalue weighted by atomic mass is 127. The molecule has 1 aliphatic heterocycles. The first-order valence-corrected chi connectivity index (χ1v) is 9.10. The third-order valence-electron chi connectivity index (χ3n) is 4.34. The smallest absolute Gasteiger partial charge is 0.163 e. The van der Waals surface area contributed by atoms with E-state index < -0.39 is 5.82 Å². The van der Waals surface area contributed by atoms with E-state index in [-0.39, 0.29) is 11.8 Å². The summed E-state index contributed by atoms with van der Waals surface area (Å²) in [6.45, 7) is 0.722. The zero-order valence-electron chi connectivity index (χ0n) is 13.2. The molecule has 0 bridgehead atoms. The summed E-state index contributed by atoms with van der Waals surface area (Å²) in [6, 6.07) is 8.43. The normalized spacial score (nSPS) is 17.6. The Morgan fingerprint density at radius 1 is 1.36 bits per heavy atom. The zero-order valence-corrected chi connectivity index (χ0v) is 15.4. The van der Waals surface area contributed by atoms with Gasteiger partial charge in [0.2, 0.25) is 0 Å². The first-order chi connectivity index (χ1) is 12.2. The predicted molar refractivity (Wildman–Crippen MR) is 99.2 cm³/mol. The van der Waals surface area contributed by atoms with Gasteiger partial charge >= 0.3 is 0 Å². The Labute approximate surface area is 157 Å². The Balaban J connectivity index is 1.88. The second-order valence-corrected chi connectivity index (χ2v) is 7.08. The summed E-state index contributed by atoms with van der Waals surface area (Å²) in [5, 5.41) is 9.05. The number of imidazole rings is 1. The number of rotatable bonds is 2. The largest absolute Gasteiger partial charge is 0.358 e. The highest BCUT2D eigenvalue weighted by Crippen LogP contribution is 2.31. The van der Waals surface area contributed by atoms with Crippen LogP contribution in [-0.2, 0) is 4.74 Å². The number of nitrogens with zero attached hydrogens (tertiary/aromatic N) is 4. The van der Waals surface area contributed by atoms with Gasteiger partial charge in [-0.2, -0.15) is 5.26 Å². The molecule has 1 fully saturated rings. The monoisotopic (exact) mass is 448 g/mol. The molecule has 25 heavy (non-hydrogen) atoms. The van der Waals surface area contributed by atoms with Gasteiger partial charge in [-0.15, -0.1) is 0 Å². The van der Waals surface area contributed by atoms with Gasteiger partial charge in [-0.3, -0.25) is 4.57 Å². The number of hydrogen-bond acceptors (Lipinski definition) is 4. The van der Waals surface area contributed by atoms with Crippen molar-refractivity contribution in [2.75, 3.05) is 6.61 Å². The van der Waals surface area contributed by atoms with Gasteiger partial charge in [-0.05, 0) is 60.1 Å². The van der Waals surface area contributed by atoms with Crippen molar-refractivity contribution in [3.63, 3.8) is 0 Å². The average molecular weight is 448 g/mol. The zero-order chi connectivity index (χ0) is 17.4. The molecule has 7 heteroatoms. The van der Waals surface area contributed by atoms with Crippen LogP contribution in [0.1, 0.15) is 31.1 Å². The third-order valence-corrected chi connectivity index (χ3v) is 5.17. The molecule has 0 amide bonds. The van der Waals surface area contributed by atoms with Gasteiger partial charge in [0.15, 0.2) is 5.65 Å². The topological polar surface area (TPSA) is 63.7 Å². The van der Waals surface area contributed by atoms with Crippen molar-refractivity contribution in [3.05, 3.63) is 45.5 Å². The van der Waals surface area contributed by atoms with Gasteiger partial charge < -0.3 is 4.74 Å². The van der Waals surface area contributed by atoms with E-state index in [0.717, 1.165) is 35.0 Å². The molecule has 0 spiro atoms. The number of benzene rings is 1. The molecule has 0 N–H and O–H groups in total. The lowest BCUT2D eigenvalue weighted by Crippen LogP contribution is -2.17. The Bertz CT molecular complexity index is 989. The van der Waals surface area contributed by atoms with Crippen molar-refractivity contribution in [1.82, 2.24) is 14.5 Å². The number of ether oxygens (including phenoxy) is 1. The van der Waals surface area contributed by atoms with Crippen LogP contribution >= 0.6 is 22.6 Å². The van der Waals surface area contributed by atoms with Gasteiger partial charge in [0.05, 0.1) is 17.6 Å². The third kappa shape index (κ3) is 2.89. The Kier molecular flexibility index (Phi) is 4.39. The van der Waals surface area contributed by atoms with E-state index in [1.165, 1.54) is 6.07 Å². The van der Waals surface area contributed by atoms with Gasteiger partial charge in [0.25, 0.3) is 0 Å². The Morgan fingerprint density at radius 3 is 3.00 bits per heavy atom. The molecule has 126 valence electrons. The van der Waals surface area contributed by atoms with E-state index in [1.54, 1.807) is 24.5 Å². The fourth-order valence-corrected chi connectivity index (χ4v) is 3.75. The van der Waals surface area contributed by atoms with Crippen molar-refractivity contribution in [3.8, 4) is 17.3 Å². The van der Waals surface area contributed by atoms with Gasteiger partial charge in [-0.25, -0.2) is 14.4 Å². The summed E-state index contributed by atoms with van der Waals surface area (Å²) in [5.41, 5.74) is 2.27. The van der Waals surface area contributed by atoms with Crippen LogP contribution in [0.3, 0.4) is 0 Å². The molecular formula is C18H14FIN4O. The first kappa shape index (κ1) is 16.4. The van der Waals surface area contributed by atoms with Crippen LogP contribution in [-0.4, -0.2) is 21.1 Å². The van der Waals surface area contributed by atoms with Gasteiger partial charge in [0, 0.05) is 15.7 Å². The predicted octanol–water partition coefficient (Wildman–Crippen LogP) is 4.41. The fourth-order valence-electron chi connectivity index (χ4n) is 3.08. The summed E-state index contributed by atoms with van der Waals surface area (Å²) in [4.78, 5) is 9.10. The van der Waals surface area contributed by atoms with Crippen molar-refractivity contribution >= 4 is 33.8 Å². The summed E-state index contributed by atoms with van der Waals surface area (Å²) in [7, 11) is 0. The van der Waals surface area contributed by atoms with Crippen LogP contribution in [0.5, 0.6) is 0 Å². The SMILES string of the molecule is N#Cc1cccc(-c2cc(I)c3ncn(C4CCCCO4)c3n2)c1F. The van der Waals surface area contributed by atoms with Crippen molar-refractivity contribution < 1.29 is 9.13 Å². The van der Waals surface area contributed by atoms with Crippen LogP contribution in [0.4, 0.5) is 4.39 Å². The van der Waals surface area contributed by atoms with Crippen LogP contribution in [0.15, 0.2) is 30.6 Å². The summed E-state index contributed by atoms with van der Waals surface area (Å²) >= 11 is 2.18. The van der Waals surface area contributed by atoms with E-state index in [2.05, 4.69) is 32.6 Å². The van der Waals surface area contributed by atoms with Crippen LogP contribution in [0.25, 0.3) is 22.4 Å². The molecule has 0 radical (unpaired) electrons. The van der Waals surface area contributed by atoms with E-state index in [4.69, 9.17) is 10.00 Å². The van der Waals surface area contributed by atoms with Crippen LogP contribution < -0.4 is 0 Å². The summed E-state index contributed by atoms with van der Waals surface area (Å²) in [6.07, 6.45) is 4.71. The molecule has 1 unspecified atom stereocenters. The molecule has 2 aromatic heterocycles. The molecule has 1 saturated heterocycles. The number of hydrogen-bond donors (Lipinski definition) is 0. The highest BCUT2D eigenvalue weighted by Gasteiger charge is 2.21.